The average molecular weight is 385 g/mol. The average Bonchev–Trinajstić information content (AvgIpc) is 2.62. The van der Waals surface area contributed by atoms with Crippen LogP contribution in [0.3, 0.4) is 0 Å². The number of carbonyl (C=O) groups excluding carboxylic acids is 3. The van der Waals surface area contributed by atoms with Crippen molar-refractivity contribution < 1.29 is 24.0 Å². The van der Waals surface area contributed by atoms with Crippen LogP contribution in [0.5, 0.6) is 0 Å². The molecule has 0 spiro atoms. The molecule has 0 aromatic heterocycles. The number of amides is 3. The van der Waals surface area contributed by atoms with Crippen LogP contribution < -0.4 is 16.1 Å². The molecule has 0 saturated heterocycles. The van der Waals surface area contributed by atoms with E-state index < -0.39 is 29.6 Å². The van der Waals surface area contributed by atoms with E-state index in [1.165, 1.54) is 7.11 Å². The van der Waals surface area contributed by atoms with Crippen LogP contribution in [-0.2, 0) is 14.4 Å². The van der Waals surface area contributed by atoms with Crippen molar-refractivity contribution in [2.45, 2.75) is 32.4 Å². The van der Waals surface area contributed by atoms with E-state index in [0.717, 1.165) is 0 Å². The van der Waals surface area contributed by atoms with Gasteiger partial charge in [0.25, 0.3) is 11.8 Å². The highest BCUT2D eigenvalue weighted by Gasteiger charge is 2.24. The lowest BCUT2D eigenvalue weighted by Crippen LogP contribution is -2.52. The summed E-state index contributed by atoms with van der Waals surface area (Å²) in [6.07, 6.45) is 4.36. The van der Waals surface area contributed by atoms with Crippen LogP contribution in [0.1, 0.15) is 36.7 Å². The van der Waals surface area contributed by atoms with Crippen molar-refractivity contribution in [1.82, 2.24) is 16.1 Å². The summed E-state index contributed by atoms with van der Waals surface area (Å²) in [6, 6.07) is 5.26. The molecule has 28 heavy (non-hydrogen) atoms. The molecule has 8 nitrogen and oxygen atoms in total. The van der Waals surface area contributed by atoms with Gasteiger partial charge in [0.2, 0.25) is 0 Å². The summed E-state index contributed by atoms with van der Waals surface area (Å²) in [7, 11) is 1.26. The fraction of sp³-hybridized carbons (Fsp3) is 0.350. The van der Waals surface area contributed by atoms with Gasteiger partial charge in [-0.3, -0.25) is 14.4 Å². The second-order valence-corrected chi connectivity index (χ2v) is 6.55. The van der Waals surface area contributed by atoms with Gasteiger partial charge in [-0.1, -0.05) is 5.92 Å². The maximum Gasteiger partial charge on any atom is 0.407 e. The van der Waals surface area contributed by atoms with Crippen molar-refractivity contribution in [2.75, 3.05) is 13.7 Å². The number of nitrogens with one attached hydrogen (secondary N) is 3. The number of alkyl carbamates (subject to hydrolysis) is 1. The highest BCUT2D eigenvalue weighted by Crippen LogP contribution is 2.07. The molecule has 0 aliphatic carbocycles. The molecule has 0 aliphatic heterocycles. The summed E-state index contributed by atoms with van der Waals surface area (Å²) in [5.41, 5.74) is 2.38. The number of carbonyl (C=O) groups is 3. The van der Waals surface area contributed by atoms with Crippen molar-refractivity contribution in [3.63, 3.8) is 0 Å². The zero-order valence-corrected chi connectivity index (χ0v) is 16.2. The molecule has 3 amide bonds. The molecular weight excluding hydrogens is 362 g/mol. The fourth-order valence-electron chi connectivity index (χ4n) is 1.94. The van der Waals surface area contributed by atoms with E-state index in [-0.39, 0.29) is 6.54 Å². The van der Waals surface area contributed by atoms with Gasteiger partial charge in [0, 0.05) is 11.1 Å². The SMILES string of the molecule is C#CC#Cc1ccc(C(=O)N[C@@H](CNC(=O)OC(C)(C)C)C(=O)NOC)cc1. The summed E-state index contributed by atoms with van der Waals surface area (Å²) in [4.78, 5) is 40.9. The number of benzene rings is 1. The lowest BCUT2D eigenvalue weighted by molar-refractivity contribution is -0.133. The Morgan fingerprint density at radius 3 is 2.36 bits per heavy atom. The van der Waals surface area contributed by atoms with Gasteiger partial charge in [-0.15, -0.1) is 6.42 Å². The maximum atomic E-state index is 12.4. The van der Waals surface area contributed by atoms with Gasteiger partial charge in [-0.05, 0) is 56.9 Å². The topological polar surface area (TPSA) is 106 Å². The van der Waals surface area contributed by atoms with Crippen molar-refractivity contribution in [3.8, 4) is 24.2 Å². The van der Waals surface area contributed by atoms with Crippen LogP contribution in [0, 0.1) is 24.2 Å². The number of hydroxylamine groups is 1. The predicted molar refractivity (Wildman–Crippen MR) is 103 cm³/mol. The molecule has 0 aliphatic rings. The van der Waals surface area contributed by atoms with Crippen LogP contribution in [0.4, 0.5) is 4.79 Å². The Balaban J connectivity index is 2.80. The van der Waals surface area contributed by atoms with Gasteiger partial charge in [0.05, 0.1) is 13.7 Å². The van der Waals surface area contributed by atoms with E-state index >= 15 is 0 Å². The molecule has 1 aromatic carbocycles. The first-order valence-corrected chi connectivity index (χ1v) is 8.33. The van der Waals surface area contributed by atoms with Gasteiger partial charge in [0.15, 0.2) is 0 Å². The van der Waals surface area contributed by atoms with Crippen molar-refractivity contribution in [3.05, 3.63) is 35.4 Å². The summed E-state index contributed by atoms with van der Waals surface area (Å²) in [5, 5.41) is 4.97. The van der Waals surface area contributed by atoms with E-state index in [9.17, 15) is 14.4 Å². The number of hydrogen-bond donors (Lipinski definition) is 3. The zero-order chi connectivity index (χ0) is 21.2. The standard InChI is InChI=1S/C20H23N3O5/c1-6-7-8-14-9-11-15(12-10-14)17(24)22-16(18(25)23-27-5)13-21-19(26)28-20(2,3)4/h1,9-12,16H,13H2,2-5H3,(H,21,26)(H,22,24)(H,23,25)/t16-/m0/s1. The molecule has 148 valence electrons. The molecule has 0 heterocycles. The first-order valence-electron chi connectivity index (χ1n) is 8.33. The first kappa shape index (κ1) is 22.6. The van der Waals surface area contributed by atoms with E-state index in [0.29, 0.717) is 11.1 Å². The summed E-state index contributed by atoms with van der Waals surface area (Å²) >= 11 is 0. The Kier molecular flexibility index (Phi) is 8.54. The molecule has 0 fully saturated rings. The first-order chi connectivity index (χ1) is 13.2. The van der Waals surface area contributed by atoms with Gasteiger partial charge >= 0.3 is 6.09 Å². The molecule has 1 aromatic rings. The van der Waals surface area contributed by atoms with E-state index in [4.69, 9.17) is 11.2 Å². The van der Waals surface area contributed by atoms with Crippen LogP contribution in [-0.4, -0.2) is 43.2 Å². The number of ether oxygens (including phenoxy) is 1. The number of rotatable bonds is 6. The lowest BCUT2D eigenvalue weighted by atomic mass is 10.1. The Bertz CT molecular complexity index is 807. The second kappa shape index (κ2) is 10.6. The third kappa shape index (κ3) is 8.26. The fourth-order valence-corrected chi connectivity index (χ4v) is 1.94. The van der Waals surface area contributed by atoms with E-state index in [1.807, 2.05) is 0 Å². The maximum absolute atomic E-state index is 12.4. The van der Waals surface area contributed by atoms with Crippen LogP contribution in [0.15, 0.2) is 24.3 Å². The summed E-state index contributed by atoms with van der Waals surface area (Å²) in [6.45, 7) is 4.94. The molecule has 0 saturated carbocycles. The van der Waals surface area contributed by atoms with Crippen LogP contribution in [0.2, 0.25) is 0 Å². The monoisotopic (exact) mass is 385 g/mol. The smallest absolute Gasteiger partial charge is 0.407 e. The van der Waals surface area contributed by atoms with Gasteiger partial charge < -0.3 is 15.4 Å². The van der Waals surface area contributed by atoms with Crippen molar-refractivity contribution in [2.24, 2.45) is 0 Å². The van der Waals surface area contributed by atoms with Crippen LogP contribution in [0.25, 0.3) is 0 Å². The minimum Gasteiger partial charge on any atom is -0.444 e. The van der Waals surface area contributed by atoms with Gasteiger partial charge in [-0.2, -0.15) is 0 Å². The largest absolute Gasteiger partial charge is 0.444 e. The number of terminal acetylenes is 1. The molecule has 0 unspecified atom stereocenters. The molecule has 0 bridgehead atoms. The van der Waals surface area contributed by atoms with Gasteiger partial charge in [0.1, 0.15) is 11.6 Å². The number of hydrogen-bond acceptors (Lipinski definition) is 5. The molecular formula is C20H23N3O5. The third-order valence-corrected chi connectivity index (χ3v) is 3.10. The molecule has 3 N–H and O–H groups in total. The Labute approximate surface area is 164 Å². The van der Waals surface area contributed by atoms with Crippen LogP contribution >= 0.6 is 0 Å². The van der Waals surface area contributed by atoms with Gasteiger partial charge in [-0.25, -0.2) is 10.3 Å². The summed E-state index contributed by atoms with van der Waals surface area (Å²) in [5.74, 6) is 6.25. The van der Waals surface area contributed by atoms with E-state index in [2.05, 4.69) is 38.7 Å². The minimum absolute atomic E-state index is 0.193. The zero-order valence-electron chi connectivity index (χ0n) is 16.2. The quantitative estimate of drug-likeness (QED) is 0.500. The lowest BCUT2D eigenvalue weighted by Gasteiger charge is -2.22. The van der Waals surface area contributed by atoms with Crippen molar-refractivity contribution >= 4 is 17.9 Å². The minimum atomic E-state index is -1.08. The Hall–Kier alpha value is -3.49. The Morgan fingerprint density at radius 1 is 1.18 bits per heavy atom. The molecule has 1 atom stereocenters. The second-order valence-electron chi connectivity index (χ2n) is 6.55. The highest BCUT2D eigenvalue weighted by atomic mass is 16.6. The highest BCUT2D eigenvalue weighted by molar-refractivity contribution is 5.97. The van der Waals surface area contributed by atoms with Crippen molar-refractivity contribution in [1.29, 1.82) is 0 Å². The normalized spacial score (nSPS) is 11.1. The van der Waals surface area contributed by atoms with E-state index in [1.54, 1.807) is 45.0 Å². The predicted octanol–water partition coefficient (Wildman–Crippen LogP) is 0.972. The molecule has 8 heteroatoms. The summed E-state index contributed by atoms with van der Waals surface area (Å²) < 4.78 is 5.11. The molecule has 0 radical (unpaired) electrons. The Morgan fingerprint density at radius 2 is 1.82 bits per heavy atom. The third-order valence-electron chi connectivity index (χ3n) is 3.10. The molecule has 1 rings (SSSR count).